The maximum Gasteiger partial charge on any atom is 0.172 e. The number of aliphatic hydroxyl groups is 1. The monoisotopic (exact) mass is 275 g/mol. The van der Waals surface area contributed by atoms with Crippen molar-refractivity contribution in [1.82, 2.24) is 0 Å². The van der Waals surface area contributed by atoms with E-state index >= 15 is 0 Å². The third-order valence-corrected chi connectivity index (χ3v) is 2.74. The molecule has 1 aromatic rings. The molecule has 0 bridgehead atoms. The first-order valence-electron chi connectivity index (χ1n) is 4.53. The fourth-order valence-electron chi connectivity index (χ4n) is 1.27. The molecule has 1 rings (SSSR count). The summed E-state index contributed by atoms with van der Waals surface area (Å²) in [6.45, 7) is 0.0297. The van der Waals surface area contributed by atoms with Crippen molar-refractivity contribution in [2.75, 3.05) is 13.7 Å². The van der Waals surface area contributed by atoms with Crippen molar-refractivity contribution in [2.24, 2.45) is 5.73 Å². The zero-order valence-corrected chi connectivity index (χ0v) is 9.99. The molecule has 1 aromatic carbocycles. The number of halogens is 1. The SMILES string of the molecule is COc1cc([C@H](N)CCO)cc(Br)c1O. The molecule has 84 valence electrons. The smallest absolute Gasteiger partial charge is 0.172 e. The number of aromatic hydroxyl groups is 1. The summed E-state index contributed by atoms with van der Waals surface area (Å²) in [5, 5.41) is 18.3. The third kappa shape index (κ3) is 2.84. The predicted molar refractivity (Wildman–Crippen MR) is 61.0 cm³/mol. The number of aliphatic hydroxyl groups excluding tert-OH is 1. The summed E-state index contributed by atoms with van der Waals surface area (Å²) in [6.07, 6.45) is 0.473. The number of phenols is 1. The molecule has 4 N–H and O–H groups in total. The topological polar surface area (TPSA) is 75.7 Å². The van der Waals surface area contributed by atoms with Crippen molar-refractivity contribution < 1.29 is 14.9 Å². The van der Waals surface area contributed by atoms with Crippen LogP contribution in [0.15, 0.2) is 16.6 Å². The van der Waals surface area contributed by atoms with Gasteiger partial charge in [0.1, 0.15) is 0 Å². The molecule has 0 amide bonds. The molecule has 15 heavy (non-hydrogen) atoms. The van der Waals surface area contributed by atoms with Gasteiger partial charge in [0, 0.05) is 12.6 Å². The summed E-state index contributed by atoms with van der Waals surface area (Å²) >= 11 is 3.21. The van der Waals surface area contributed by atoms with Gasteiger partial charge in [0.2, 0.25) is 0 Å². The van der Waals surface area contributed by atoms with Gasteiger partial charge in [-0.3, -0.25) is 0 Å². The maximum atomic E-state index is 9.57. The van der Waals surface area contributed by atoms with Gasteiger partial charge in [0.25, 0.3) is 0 Å². The van der Waals surface area contributed by atoms with E-state index < -0.39 is 0 Å². The Kier molecular flexibility index (Phi) is 4.38. The molecule has 0 aliphatic heterocycles. The van der Waals surface area contributed by atoms with Gasteiger partial charge in [-0.2, -0.15) is 0 Å². The Hall–Kier alpha value is -0.780. The van der Waals surface area contributed by atoms with Crippen LogP contribution in [0.3, 0.4) is 0 Å². The molecule has 0 heterocycles. The van der Waals surface area contributed by atoms with Crippen LogP contribution in [-0.2, 0) is 0 Å². The second kappa shape index (κ2) is 5.34. The number of hydrogen-bond acceptors (Lipinski definition) is 4. The number of phenolic OH excluding ortho intramolecular Hbond substituents is 1. The van der Waals surface area contributed by atoms with Crippen molar-refractivity contribution in [3.05, 3.63) is 22.2 Å². The van der Waals surface area contributed by atoms with Crippen LogP contribution in [-0.4, -0.2) is 23.9 Å². The quantitative estimate of drug-likeness (QED) is 0.779. The summed E-state index contributed by atoms with van der Waals surface area (Å²) in [5.41, 5.74) is 6.64. The van der Waals surface area contributed by atoms with Crippen LogP contribution in [0.25, 0.3) is 0 Å². The van der Waals surface area contributed by atoms with Crippen LogP contribution in [0.5, 0.6) is 11.5 Å². The number of hydrogen-bond donors (Lipinski definition) is 3. The van der Waals surface area contributed by atoms with Gasteiger partial charge in [-0.25, -0.2) is 0 Å². The Morgan fingerprint density at radius 3 is 2.73 bits per heavy atom. The summed E-state index contributed by atoms with van der Waals surface area (Å²) in [7, 11) is 1.48. The first kappa shape index (κ1) is 12.3. The van der Waals surface area contributed by atoms with E-state index in [9.17, 15) is 5.11 Å². The highest BCUT2D eigenvalue weighted by Gasteiger charge is 2.12. The molecule has 1 atom stereocenters. The van der Waals surface area contributed by atoms with Gasteiger partial charge in [-0.1, -0.05) is 0 Å². The Labute approximate surface area is 96.8 Å². The number of nitrogens with two attached hydrogens (primary N) is 1. The van der Waals surface area contributed by atoms with E-state index in [1.807, 2.05) is 0 Å². The predicted octanol–water partition coefficient (Wildman–Crippen LogP) is 1.55. The Balaban J connectivity index is 3.05. The molecule has 0 aliphatic rings. The zero-order chi connectivity index (χ0) is 11.4. The van der Waals surface area contributed by atoms with Gasteiger partial charge in [-0.05, 0) is 40.0 Å². The van der Waals surface area contributed by atoms with Crippen LogP contribution in [0.4, 0.5) is 0 Å². The molecule has 0 saturated carbocycles. The van der Waals surface area contributed by atoms with Crippen LogP contribution < -0.4 is 10.5 Å². The molecule has 0 radical (unpaired) electrons. The van der Waals surface area contributed by atoms with Crippen molar-refractivity contribution >= 4 is 15.9 Å². The lowest BCUT2D eigenvalue weighted by Gasteiger charge is -2.13. The van der Waals surface area contributed by atoms with E-state index in [0.717, 1.165) is 5.56 Å². The molecule has 0 aromatic heterocycles. The molecular formula is C10H14BrNO3. The third-order valence-electron chi connectivity index (χ3n) is 2.14. The number of rotatable bonds is 4. The average Bonchev–Trinajstić information content (AvgIpc) is 2.22. The first-order valence-corrected chi connectivity index (χ1v) is 5.32. The van der Waals surface area contributed by atoms with Crippen molar-refractivity contribution in [1.29, 1.82) is 0 Å². The van der Waals surface area contributed by atoms with E-state index in [2.05, 4.69) is 15.9 Å². The average molecular weight is 276 g/mol. The maximum absolute atomic E-state index is 9.57. The number of methoxy groups -OCH3 is 1. The van der Waals surface area contributed by atoms with Crippen LogP contribution in [0.2, 0.25) is 0 Å². The van der Waals surface area contributed by atoms with Crippen molar-refractivity contribution in [3.8, 4) is 11.5 Å². The molecule has 4 nitrogen and oxygen atoms in total. The van der Waals surface area contributed by atoms with Gasteiger partial charge in [0.05, 0.1) is 11.6 Å². The Morgan fingerprint density at radius 2 is 2.20 bits per heavy atom. The first-order chi connectivity index (χ1) is 7.10. The summed E-state index contributed by atoms with van der Waals surface area (Å²) in [4.78, 5) is 0. The highest BCUT2D eigenvalue weighted by molar-refractivity contribution is 9.10. The number of benzene rings is 1. The van der Waals surface area contributed by atoms with Gasteiger partial charge < -0.3 is 20.7 Å². The van der Waals surface area contributed by atoms with Crippen LogP contribution in [0.1, 0.15) is 18.0 Å². The van der Waals surface area contributed by atoms with Crippen molar-refractivity contribution in [2.45, 2.75) is 12.5 Å². The molecule has 0 fully saturated rings. The van der Waals surface area contributed by atoms with E-state index in [4.69, 9.17) is 15.6 Å². The highest BCUT2D eigenvalue weighted by Crippen LogP contribution is 2.36. The van der Waals surface area contributed by atoms with Crippen LogP contribution in [0, 0.1) is 0 Å². The van der Waals surface area contributed by atoms with Gasteiger partial charge in [0.15, 0.2) is 11.5 Å². The summed E-state index contributed by atoms with van der Waals surface area (Å²) in [6, 6.07) is 3.12. The second-order valence-corrected chi connectivity index (χ2v) is 4.03. The lowest BCUT2D eigenvalue weighted by atomic mass is 10.0. The van der Waals surface area contributed by atoms with Gasteiger partial charge >= 0.3 is 0 Å². The molecule has 0 unspecified atom stereocenters. The fraction of sp³-hybridized carbons (Fsp3) is 0.400. The normalized spacial score (nSPS) is 12.5. The fourth-order valence-corrected chi connectivity index (χ4v) is 1.73. The molecule has 0 saturated heterocycles. The molecule has 0 spiro atoms. The summed E-state index contributed by atoms with van der Waals surface area (Å²) < 4.78 is 5.53. The summed E-state index contributed by atoms with van der Waals surface area (Å²) in [5.74, 6) is 0.421. The minimum atomic E-state index is -0.263. The lowest BCUT2D eigenvalue weighted by Crippen LogP contribution is -2.12. The zero-order valence-electron chi connectivity index (χ0n) is 8.40. The van der Waals surface area contributed by atoms with Crippen molar-refractivity contribution in [3.63, 3.8) is 0 Å². The number of ether oxygens (including phenoxy) is 1. The minimum absolute atomic E-state index is 0.0297. The Morgan fingerprint density at radius 1 is 1.53 bits per heavy atom. The van der Waals surface area contributed by atoms with Gasteiger partial charge in [-0.15, -0.1) is 0 Å². The highest BCUT2D eigenvalue weighted by atomic mass is 79.9. The standard InChI is InChI=1S/C10H14BrNO3/c1-15-9-5-6(8(12)2-3-13)4-7(11)10(9)14/h4-5,8,13-14H,2-3,12H2,1H3/t8-/m1/s1. The molecule has 0 aliphatic carbocycles. The molecule has 5 heteroatoms. The molecular weight excluding hydrogens is 262 g/mol. The van der Waals surface area contributed by atoms with E-state index in [0.29, 0.717) is 16.6 Å². The van der Waals surface area contributed by atoms with E-state index in [-0.39, 0.29) is 18.4 Å². The lowest BCUT2D eigenvalue weighted by molar-refractivity contribution is 0.276. The van der Waals surface area contributed by atoms with E-state index in [1.54, 1.807) is 12.1 Å². The van der Waals surface area contributed by atoms with Crippen LogP contribution >= 0.6 is 15.9 Å². The van der Waals surface area contributed by atoms with E-state index in [1.165, 1.54) is 7.11 Å². The second-order valence-electron chi connectivity index (χ2n) is 3.17. The largest absolute Gasteiger partial charge is 0.503 e. The minimum Gasteiger partial charge on any atom is -0.503 e. The Bertz CT molecular complexity index is 344.